The minimum Gasteiger partial charge on any atom is -0.381 e. The Hall–Kier alpha value is -1.10. The van der Waals surface area contributed by atoms with Gasteiger partial charge < -0.3 is 15.0 Å². The van der Waals surface area contributed by atoms with Crippen molar-refractivity contribution in [1.29, 1.82) is 0 Å². The van der Waals surface area contributed by atoms with Gasteiger partial charge in [0.1, 0.15) is 5.54 Å². The fourth-order valence-corrected chi connectivity index (χ4v) is 3.50. The third-order valence-corrected chi connectivity index (χ3v) is 4.54. The summed E-state index contributed by atoms with van der Waals surface area (Å²) in [6.45, 7) is 2.35. The van der Waals surface area contributed by atoms with Crippen LogP contribution in [0.1, 0.15) is 32.1 Å². The van der Waals surface area contributed by atoms with Crippen LogP contribution < -0.4 is 5.32 Å². The van der Waals surface area contributed by atoms with Gasteiger partial charge in [0, 0.05) is 19.1 Å². The smallest absolute Gasteiger partial charge is 0.246 e. The van der Waals surface area contributed by atoms with Gasteiger partial charge in [0.25, 0.3) is 0 Å². The summed E-state index contributed by atoms with van der Waals surface area (Å²) in [4.78, 5) is 26.2. The Morgan fingerprint density at radius 3 is 2.78 bits per heavy atom. The maximum absolute atomic E-state index is 12.2. The van der Waals surface area contributed by atoms with Crippen molar-refractivity contribution in [1.82, 2.24) is 10.2 Å². The lowest BCUT2D eigenvalue weighted by Gasteiger charge is -2.44. The van der Waals surface area contributed by atoms with Crippen LogP contribution in [0.25, 0.3) is 0 Å². The van der Waals surface area contributed by atoms with Crippen LogP contribution >= 0.6 is 0 Å². The number of nitrogens with one attached hydrogen (secondary N) is 1. The van der Waals surface area contributed by atoms with Crippen molar-refractivity contribution in [3.63, 3.8) is 0 Å². The normalized spacial score (nSPS) is 31.1. The van der Waals surface area contributed by atoms with Crippen LogP contribution in [0.5, 0.6) is 0 Å². The molecule has 0 aromatic rings. The van der Waals surface area contributed by atoms with Crippen LogP contribution in [0.3, 0.4) is 0 Å². The van der Waals surface area contributed by atoms with E-state index >= 15 is 0 Å². The standard InChI is InChI=1S/C13H20N2O3/c16-11-7-14-12(17)13(4-1-2-5-13)15(11)8-10-3-6-18-9-10/h10H,1-9H2,(H,14,17). The van der Waals surface area contributed by atoms with Crippen LogP contribution in [0.4, 0.5) is 0 Å². The second-order valence-corrected chi connectivity index (χ2v) is 5.66. The molecular formula is C13H20N2O3. The Bertz CT molecular complexity index is 357. The van der Waals surface area contributed by atoms with Gasteiger partial charge in [-0.25, -0.2) is 0 Å². The lowest BCUT2D eigenvalue weighted by molar-refractivity contribution is -0.154. The minimum atomic E-state index is -0.544. The second-order valence-electron chi connectivity index (χ2n) is 5.66. The van der Waals surface area contributed by atoms with Gasteiger partial charge >= 0.3 is 0 Å². The Kier molecular flexibility index (Phi) is 3.01. The van der Waals surface area contributed by atoms with Crippen molar-refractivity contribution >= 4 is 11.8 Å². The molecule has 18 heavy (non-hydrogen) atoms. The molecule has 1 atom stereocenters. The molecule has 0 aromatic carbocycles. The molecule has 3 aliphatic rings. The summed E-state index contributed by atoms with van der Waals surface area (Å²) in [6.07, 6.45) is 4.72. The molecule has 5 nitrogen and oxygen atoms in total. The van der Waals surface area contributed by atoms with Gasteiger partial charge in [-0.2, -0.15) is 0 Å². The number of amides is 2. The van der Waals surface area contributed by atoms with Crippen LogP contribution in [-0.4, -0.2) is 48.6 Å². The predicted octanol–water partition coefficient (Wildman–Crippen LogP) is 0.294. The molecule has 0 bridgehead atoms. The fraction of sp³-hybridized carbons (Fsp3) is 0.846. The molecule has 1 N–H and O–H groups in total. The molecule has 0 radical (unpaired) electrons. The lowest BCUT2D eigenvalue weighted by Crippen LogP contribution is -2.66. The number of piperazine rings is 1. The van der Waals surface area contributed by atoms with E-state index < -0.39 is 5.54 Å². The molecule has 1 spiro atoms. The zero-order chi connectivity index (χ0) is 12.6. The molecule has 100 valence electrons. The second kappa shape index (κ2) is 4.53. The van der Waals surface area contributed by atoms with Crippen molar-refractivity contribution < 1.29 is 14.3 Å². The molecule has 0 aromatic heterocycles. The molecule has 2 saturated heterocycles. The minimum absolute atomic E-state index is 0.0542. The van der Waals surface area contributed by atoms with Crippen LogP contribution in [0, 0.1) is 5.92 Å². The summed E-state index contributed by atoms with van der Waals surface area (Å²) < 4.78 is 5.37. The van der Waals surface area contributed by atoms with E-state index in [0.717, 1.165) is 45.3 Å². The maximum Gasteiger partial charge on any atom is 0.246 e. The highest BCUT2D eigenvalue weighted by atomic mass is 16.5. The van der Waals surface area contributed by atoms with Crippen molar-refractivity contribution in [3.8, 4) is 0 Å². The zero-order valence-corrected chi connectivity index (χ0v) is 10.6. The van der Waals surface area contributed by atoms with Crippen molar-refractivity contribution in [2.24, 2.45) is 5.92 Å². The number of hydrogen-bond donors (Lipinski definition) is 1. The van der Waals surface area contributed by atoms with Crippen molar-refractivity contribution in [2.45, 2.75) is 37.6 Å². The third kappa shape index (κ3) is 1.81. The monoisotopic (exact) mass is 252 g/mol. The van der Waals surface area contributed by atoms with Crippen LogP contribution in [-0.2, 0) is 14.3 Å². The van der Waals surface area contributed by atoms with Gasteiger partial charge in [0.2, 0.25) is 11.8 Å². The number of nitrogens with zero attached hydrogens (tertiary/aromatic N) is 1. The quantitative estimate of drug-likeness (QED) is 0.768. The largest absolute Gasteiger partial charge is 0.381 e. The lowest BCUT2D eigenvalue weighted by atomic mass is 9.90. The molecule has 3 fully saturated rings. The molecule has 3 rings (SSSR count). The van der Waals surface area contributed by atoms with Crippen LogP contribution in [0.2, 0.25) is 0 Å². The summed E-state index contributed by atoms with van der Waals surface area (Å²) in [5.74, 6) is 0.527. The fourth-order valence-electron chi connectivity index (χ4n) is 3.50. The summed E-state index contributed by atoms with van der Waals surface area (Å²) >= 11 is 0. The van der Waals surface area contributed by atoms with Crippen molar-refractivity contribution in [2.75, 3.05) is 26.3 Å². The Labute approximate surface area is 107 Å². The number of carbonyl (C=O) groups excluding carboxylic acids is 2. The van der Waals surface area contributed by atoms with E-state index in [1.807, 2.05) is 4.90 Å². The van der Waals surface area contributed by atoms with Gasteiger partial charge in [-0.15, -0.1) is 0 Å². The summed E-state index contributed by atoms with van der Waals surface area (Å²) in [5, 5.41) is 2.76. The van der Waals surface area contributed by atoms with Crippen molar-refractivity contribution in [3.05, 3.63) is 0 Å². The Balaban J connectivity index is 1.81. The number of carbonyl (C=O) groups is 2. The van der Waals surface area contributed by atoms with E-state index in [1.165, 1.54) is 0 Å². The molecule has 2 heterocycles. The van der Waals surface area contributed by atoms with Gasteiger partial charge in [-0.05, 0) is 19.3 Å². The number of ether oxygens (including phenoxy) is 1. The highest BCUT2D eigenvalue weighted by molar-refractivity contribution is 5.98. The summed E-state index contributed by atoms with van der Waals surface area (Å²) in [7, 11) is 0. The van der Waals surface area contributed by atoms with E-state index in [2.05, 4.69) is 5.32 Å². The average Bonchev–Trinajstić information content (AvgIpc) is 3.02. The Morgan fingerprint density at radius 2 is 2.11 bits per heavy atom. The summed E-state index contributed by atoms with van der Waals surface area (Å²) in [6, 6.07) is 0. The first-order valence-electron chi connectivity index (χ1n) is 6.89. The van der Waals surface area contributed by atoms with Gasteiger partial charge in [-0.3, -0.25) is 9.59 Å². The molecule has 1 aliphatic carbocycles. The first-order chi connectivity index (χ1) is 8.72. The topological polar surface area (TPSA) is 58.6 Å². The predicted molar refractivity (Wildman–Crippen MR) is 64.8 cm³/mol. The van der Waals surface area contributed by atoms with Gasteiger partial charge in [0.15, 0.2) is 0 Å². The van der Waals surface area contributed by atoms with Gasteiger partial charge in [-0.1, -0.05) is 12.8 Å². The van der Waals surface area contributed by atoms with E-state index in [-0.39, 0.29) is 18.4 Å². The van der Waals surface area contributed by atoms with E-state index in [1.54, 1.807) is 0 Å². The first-order valence-corrected chi connectivity index (χ1v) is 6.89. The Morgan fingerprint density at radius 1 is 1.33 bits per heavy atom. The summed E-state index contributed by atoms with van der Waals surface area (Å²) in [5.41, 5.74) is -0.544. The van der Waals surface area contributed by atoms with E-state index in [9.17, 15) is 9.59 Å². The van der Waals surface area contributed by atoms with Crippen LogP contribution in [0.15, 0.2) is 0 Å². The molecule has 5 heteroatoms. The highest BCUT2D eigenvalue weighted by Crippen LogP contribution is 2.38. The number of hydrogen-bond acceptors (Lipinski definition) is 3. The third-order valence-electron chi connectivity index (χ3n) is 4.54. The molecule has 1 unspecified atom stereocenters. The molecule has 2 amide bonds. The van der Waals surface area contributed by atoms with E-state index in [0.29, 0.717) is 12.5 Å². The first kappa shape index (κ1) is 12.0. The van der Waals surface area contributed by atoms with E-state index in [4.69, 9.17) is 4.74 Å². The average molecular weight is 252 g/mol. The van der Waals surface area contributed by atoms with Gasteiger partial charge in [0.05, 0.1) is 13.2 Å². The maximum atomic E-state index is 12.2. The number of rotatable bonds is 2. The SMILES string of the molecule is O=C1CNC(=O)C2(CCCC2)N1CC1CCOC1. The zero-order valence-electron chi connectivity index (χ0n) is 10.6. The molecule has 2 aliphatic heterocycles. The molecule has 1 saturated carbocycles. The molecular weight excluding hydrogens is 232 g/mol. The highest BCUT2D eigenvalue weighted by Gasteiger charge is 2.51.